The van der Waals surface area contributed by atoms with Crippen LogP contribution in [0.25, 0.3) is 17.2 Å². The summed E-state index contributed by atoms with van der Waals surface area (Å²) in [4.78, 5) is 16.1. The fourth-order valence-electron chi connectivity index (χ4n) is 5.80. The quantitative estimate of drug-likeness (QED) is 0.251. The number of aryl methyl sites for hydroxylation is 1. The highest BCUT2D eigenvalue weighted by Gasteiger charge is 2.25. The molecule has 1 atom stereocenters. The topological polar surface area (TPSA) is 50.8 Å². The van der Waals surface area contributed by atoms with Gasteiger partial charge in [-0.1, -0.05) is 78.4 Å². The largest absolute Gasteiger partial charge is 0.485 e. The lowest BCUT2D eigenvalue weighted by molar-refractivity contribution is -0.113. The van der Waals surface area contributed by atoms with Gasteiger partial charge >= 0.3 is 0 Å². The maximum atomic E-state index is 13.7. The third-order valence-electron chi connectivity index (χ3n) is 8.32. The maximum Gasteiger partial charge on any atom is 0.251 e. The van der Waals surface area contributed by atoms with Crippen molar-refractivity contribution in [3.63, 3.8) is 0 Å². The Morgan fingerprint density at radius 1 is 0.881 bits per heavy atom. The third-order valence-corrected chi connectivity index (χ3v) is 8.32. The van der Waals surface area contributed by atoms with E-state index in [4.69, 9.17) is 9.47 Å². The van der Waals surface area contributed by atoms with Crippen molar-refractivity contribution in [2.75, 3.05) is 25.6 Å². The molecule has 0 aromatic heterocycles. The van der Waals surface area contributed by atoms with Gasteiger partial charge in [-0.2, -0.15) is 0 Å². The van der Waals surface area contributed by atoms with Crippen LogP contribution in [-0.4, -0.2) is 37.1 Å². The summed E-state index contributed by atoms with van der Waals surface area (Å²) in [5.41, 5.74) is 8.10. The van der Waals surface area contributed by atoms with Crippen LogP contribution in [0, 0.1) is 6.92 Å². The highest BCUT2D eigenvalue weighted by atomic mass is 16.5. The maximum absolute atomic E-state index is 13.7. The molecule has 42 heavy (non-hydrogen) atoms. The molecule has 4 aromatic carbocycles. The summed E-state index contributed by atoms with van der Waals surface area (Å²) in [6.07, 6.45) is 4.34. The highest BCUT2D eigenvalue weighted by molar-refractivity contribution is 6.07. The highest BCUT2D eigenvalue weighted by Crippen LogP contribution is 2.38. The van der Waals surface area contributed by atoms with E-state index in [1.807, 2.05) is 42.5 Å². The Hall–Kier alpha value is -4.19. The molecule has 1 fully saturated rings. The first-order chi connectivity index (χ1) is 20.5. The van der Waals surface area contributed by atoms with E-state index in [-0.39, 0.29) is 12.0 Å². The number of fused-ring (bicyclic) bond motifs is 1. The molecule has 5 heteroatoms. The first-order valence-electron chi connectivity index (χ1n) is 14.8. The molecule has 2 aliphatic heterocycles. The van der Waals surface area contributed by atoms with Gasteiger partial charge in [0.2, 0.25) is 0 Å². The average Bonchev–Trinajstić information content (AvgIpc) is 3.23. The van der Waals surface area contributed by atoms with Crippen LogP contribution in [0.5, 0.6) is 5.75 Å². The van der Waals surface area contributed by atoms with Gasteiger partial charge in [-0.05, 0) is 79.4 Å². The molecule has 1 N–H and O–H groups in total. The second-order valence-corrected chi connectivity index (χ2v) is 11.4. The summed E-state index contributed by atoms with van der Waals surface area (Å²) in [7, 11) is 2.18. The zero-order valence-corrected chi connectivity index (χ0v) is 24.4. The lowest BCUT2D eigenvalue weighted by Crippen LogP contribution is -2.36. The van der Waals surface area contributed by atoms with E-state index < -0.39 is 0 Å². The van der Waals surface area contributed by atoms with Gasteiger partial charge in [0, 0.05) is 49.0 Å². The summed E-state index contributed by atoms with van der Waals surface area (Å²) in [5.74, 6) is 0.667. The number of nitrogens with zero attached hydrogens (tertiary/aromatic N) is 1. The number of benzene rings is 4. The Balaban J connectivity index is 1.23. The minimum Gasteiger partial charge on any atom is -0.485 e. The number of anilines is 1. The first kappa shape index (κ1) is 28.0. The molecule has 5 nitrogen and oxygen atoms in total. The molecule has 6 rings (SSSR count). The Morgan fingerprint density at radius 2 is 1.60 bits per heavy atom. The van der Waals surface area contributed by atoms with Crippen molar-refractivity contribution in [2.24, 2.45) is 0 Å². The van der Waals surface area contributed by atoms with Gasteiger partial charge in [-0.3, -0.25) is 9.69 Å². The normalized spacial score (nSPS) is 17.1. The minimum atomic E-state index is -0.266. The molecule has 214 valence electrons. The molecular formula is C37H38N2O3. The summed E-state index contributed by atoms with van der Waals surface area (Å²) in [5, 5.41) is 3.15. The van der Waals surface area contributed by atoms with Crippen molar-refractivity contribution in [2.45, 2.75) is 44.9 Å². The average molecular weight is 559 g/mol. The van der Waals surface area contributed by atoms with Crippen LogP contribution in [0.1, 0.15) is 47.6 Å². The molecule has 4 aromatic rings. The summed E-state index contributed by atoms with van der Waals surface area (Å²) < 4.78 is 12.1. The molecule has 1 amide bonds. The van der Waals surface area contributed by atoms with Gasteiger partial charge in [-0.25, -0.2) is 0 Å². The van der Waals surface area contributed by atoms with Crippen LogP contribution in [0.2, 0.25) is 0 Å². The van der Waals surface area contributed by atoms with Gasteiger partial charge in [0.15, 0.2) is 0 Å². The Labute approximate surface area is 248 Å². The van der Waals surface area contributed by atoms with E-state index in [9.17, 15) is 4.79 Å². The summed E-state index contributed by atoms with van der Waals surface area (Å²) in [6, 6.07) is 33.6. The van der Waals surface area contributed by atoms with E-state index >= 15 is 0 Å². The van der Waals surface area contributed by atoms with Crippen molar-refractivity contribution in [1.82, 2.24) is 4.90 Å². The fraction of sp³-hybridized carbons (Fsp3) is 0.270. The van der Waals surface area contributed by atoms with Gasteiger partial charge in [0.25, 0.3) is 5.91 Å². The van der Waals surface area contributed by atoms with E-state index in [2.05, 4.69) is 84.9 Å². The number of amides is 1. The molecule has 2 aliphatic rings. The Bertz CT molecular complexity index is 1540. The minimum absolute atomic E-state index is 0.111. The van der Waals surface area contributed by atoms with Crippen LogP contribution < -0.4 is 10.1 Å². The molecule has 0 radical (unpaired) electrons. The molecular weight excluding hydrogens is 520 g/mol. The van der Waals surface area contributed by atoms with E-state index in [0.29, 0.717) is 18.0 Å². The van der Waals surface area contributed by atoms with Crippen LogP contribution >= 0.6 is 0 Å². The smallest absolute Gasteiger partial charge is 0.251 e. The van der Waals surface area contributed by atoms with Crippen LogP contribution in [0.4, 0.5) is 5.69 Å². The molecule has 0 bridgehead atoms. The molecule has 0 aliphatic carbocycles. The SMILES string of the molecule is Cc1ccc(-c2ccc3c(c2)C=C(C(=O)Nc2ccc(CN(C)C4CCOCC4)cc2)CC(c2ccccc2)O3)cc1. The van der Waals surface area contributed by atoms with Crippen LogP contribution in [-0.2, 0) is 16.1 Å². The van der Waals surface area contributed by atoms with Crippen molar-refractivity contribution < 1.29 is 14.3 Å². The van der Waals surface area contributed by atoms with Crippen LogP contribution in [0.15, 0.2) is 103 Å². The molecule has 1 saturated heterocycles. The van der Waals surface area contributed by atoms with Gasteiger partial charge in [-0.15, -0.1) is 0 Å². The molecule has 0 saturated carbocycles. The number of ether oxygens (including phenoxy) is 2. The molecule has 2 heterocycles. The fourth-order valence-corrected chi connectivity index (χ4v) is 5.80. The molecule has 1 unspecified atom stereocenters. The van der Waals surface area contributed by atoms with Crippen molar-refractivity contribution in [3.05, 3.63) is 125 Å². The summed E-state index contributed by atoms with van der Waals surface area (Å²) in [6.45, 7) is 4.64. The Kier molecular flexibility index (Phi) is 8.50. The van der Waals surface area contributed by atoms with Gasteiger partial charge in [0.1, 0.15) is 11.9 Å². The van der Waals surface area contributed by atoms with Crippen molar-refractivity contribution in [3.8, 4) is 16.9 Å². The zero-order valence-electron chi connectivity index (χ0n) is 24.4. The van der Waals surface area contributed by atoms with Crippen molar-refractivity contribution >= 4 is 17.7 Å². The van der Waals surface area contributed by atoms with E-state index in [0.717, 1.165) is 66.3 Å². The van der Waals surface area contributed by atoms with E-state index in [1.165, 1.54) is 11.1 Å². The summed E-state index contributed by atoms with van der Waals surface area (Å²) >= 11 is 0. The molecule has 0 spiro atoms. The second-order valence-electron chi connectivity index (χ2n) is 11.4. The number of hydrogen-bond donors (Lipinski definition) is 1. The number of carbonyl (C=O) groups excluding carboxylic acids is 1. The number of rotatable bonds is 7. The Morgan fingerprint density at radius 3 is 2.33 bits per heavy atom. The monoisotopic (exact) mass is 558 g/mol. The van der Waals surface area contributed by atoms with Gasteiger partial charge in [0.05, 0.1) is 0 Å². The predicted molar refractivity (Wildman–Crippen MR) is 169 cm³/mol. The first-order valence-corrected chi connectivity index (χ1v) is 14.8. The standard InChI is InChI=1S/C37H38N2O3/c1-26-8-12-28(13-9-26)30-14-17-35-31(22-30)23-32(24-36(42-35)29-6-4-3-5-7-29)37(40)38-33-15-10-27(11-16-33)25-39(2)34-18-20-41-21-19-34/h3-17,22-23,34,36H,18-21,24-25H2,1-2H3,(H,38,40). The zero-order chi connectivity index (χ0) is 28.9. The lowest BCUT2D eigenvalue weighted by atomic mass is 9.98. The third kappa shape index (κ3) is 6.64. The number of hydrogen-bond acceptors (Lipinski definition) is 4. The predicted octanol–water partition coefficient (Wildman–Crippen LogP) is 7.82. The van der Waals surface area contributed by atoms with Crippen molar-refractivity contribution in [1.29, 1.82) is 0 Å². The lowest BCUT2D eigenvalue weighted by Gasteiger charge is -2.31. The number of nitrogens with one attached hydrogen (secondary N) is 1. The van der Waals surface area contributed by atoms with E-state index in [1.54, 1.807) is 0 Å². The second kappa shape index (κ2) is 12.8. The number of carbonyl (C=O) groups is 1. The van der Waals surface area contributed by atoms with Crippen LogP contribution in [0.3, 0.4) is 0 Å². The van der Waals surface area contributed by atoms with Gasteiger partial charge < -0.3 is 14.8 Å².